The number of aromatic nitrogens is 4. The molecule has 0 radical (unpaired) electrons. The zero-order valence-corrected chi connectivity index (χ0v) is 15.1. The van der Waals surface area contributed by atoms with Gasteiger partial charge in [0, 0.05) is 24.8 Å². The van der Waals surface area contributed by atoms with Crippen molar-refractivity contribution in [2.24, 2.45) is 0 Å². The van der Waals surface area contributed by atoms with E-state index in [0.29, 0.717) is 17.2 Å². The number of fused-ring (bicyclic) bond motifs is 3. The molecule has 2 N–H and O–H groups in total. The molecule has 0 fully saturated rings. The second-order valence-electron chi connectivity index (χ2n) is 6.32. The quantitative estimate of drug-likeness (QED) is 0.597. The summed E-state index contributed by atoms with van der Waals surface area (Å²) in [5.74, 6) is 0.310. The van der Waals surface area contributed by atoms with Gasteiger partial charge < -0.3 is 5.73 Å². The Morgan fingerprint density at radius 2 is 1.62 bits per heavy atom. The smallest absolute Gasteiger partial charge is 0.211 e. The molecule has 0 saturated carbocycles. The highest BCUT2D eigenvalue weighted by atomic mass is 32.2. The Labute approximate surface area is 150 Å². The normalized spacial score (nSPS) is 12.3. The average Bonchev–Trinajstić information content (AvgIpc) is 3.12. The van der Waals surface area contributed by atoms with Crippen LogP contribution in [0.1, 0.15) is 25.3 Å². The number of hydrogen-bond donors (Lipinski definition) is 1. The van der Waals surface area contributed by atoms with Crippen molar-refractivity contribution in [3.05, 3.63) is 54.6 Å². The zero-order valence-electron chi connectivity index (χ0n) is 14.3. The minimum atomic E-state index is -3.89. The predicted molar refractivity (Wildman–Crippen MR) is 98.7 cm³/mol. The Morgan fingerprint density at radius 3 is 2.31 bits per heavy atom. The number of hydrogen-bond acceptors (Lipinski definition) is 6. The maximum absolute atomic E-state index is 13.3. The molecule has 0 spiro atoms. The maximum atomic E-state index is 13.3. The predicted octanol–water partition coefficient (Wildman–Crippen LogP) is 2.82. The SMILES string of the molecule is CC(C)c1ccc(S(=O)(=O)c2c(N)c3nccn3c3nccnc23)cc1. The van der Waals surface area contributed by atoms with E-state index < -0.39 is 9.84 Å². The minimum Gasteiger partial charge on any atom is -0.395 e. The fourth-order valence-electron chi connectivity index (χ4n) is 2.99. The number of benzene rings is 1. The molecular formula is C18H17N5O2S. The first kappa shape index (κ1) is 16.5. The Bertz CT molecular complexity index is 1230. The van der Waals surface area contributed by atoms with E-state index in [1.54, 1.807) is 28.9 Å². The van der Waals surface area contributed by atoms with Crippen molar-refractivity contribution in [3.8, 4) is 0 Å². The van der Waals surface area contributed by atoms with Crippen molar-refractivity contribution in [3.63, 3.8) is 0 Å². The highest BCUT2D eigenvalue weighted by Crippen LogP contribution is 2.34. The molecule has 4 rings (SSSR count). The molecule has 0 bridgehead atoms. The van der Waals surface area contributed by atoms with Crippen molar-refractivity contribution in [2.45, 2.75) is 29.6 Å². The first-order valence-electron chi connectivity index (χ1n) is 8.11. The third-order valence-electron chi connectivity index (χ3n) is 4.37. The van der Waals surface area contributed by atoms with Crippen LogP contribution in [0.15, 0.2) is 58.8 Å². The van der Waals surface area contributed by atoms with Gasteiger partial charge in [-0.2, -0.15) is 0 Å². The molecule has 4 aromatic rings. The summed E-state index contributed by atoms with van der Waals surface area (Å²) in [6, 6.07) is 6.83. The topological polar surface area (TPSA) is 103 Å². The first-order chi connectivity index (χ1) is 12.4. The van der Waals surface area contributed by atoms with Crippen LogP contribution >= 0.6 is 0 Å². The number of pyridine rings is 1. The number of anilines is 1. The number of nitrogen functional groups attached to an aromatic ring is 1. The Morgan fingerprint density at radius 1 is 0.962 bits per heavy atom. The summed E-state index contributed by atoms with van der Waals surface area (Å²) >= 11 is 0. The van der Waals surface area contributed by atoms with Gasteiger partial charge >= 0.3 is 0 Å². The fraction of sp³-hybridized carbons (Fsp3) is 0.167. The summed E-state index contributed by atoms with van der Waals surface area (Å²) in [6.45, 7) is 4.10. The van der Waals surface area contributed by atoms with Crippen LogP contribution in [-0.4, -0.2) is 27.8 Å². The van der Waals surface area contributed by atoms with E-state index in [9.17, 15) is 8.42 Å². The highest BCUT2D eigenvalue weighted by Gasteiger charge is 2.28. The van der Waals surface area contributed by atoms with E-state index in [1.165, 1.54) is 12.4 Å². The molecule has 0 saturated heterocycles. The summed E-state index contributed by atoms with van der Waals surface area (Å²) < 4.78 is 28.3. The summed E-state index contributed by atoms with van der Waals surface area (Å²) in [4.78, 5) is 12.8. The van der Waals surface area contributed by atoms with Crippen LogP contribution in [0.3, 0.4) is 0 Å². The molecular weight excluding hydrogens is 350 g/mol. The summed E-state index contributed by atoms with van der Waals surface area (Å²) in [6.07, 6.45) is 6.18. The molecule has 0 unspecified atom stereocenters. The van der Waals surface area contributed by atoms with Gasteiger partial charge in [-0.15, -0.1) is 0 Å². The van der Waals surface area contributed by atoms with Crippen LogP contribution in [-0.2, 0) is 9.84 Å². The lowest BCUT2D eigenvalue weighted by Gasteiger charge is -2.13. The third kappa shape index (κ3) is 2.33. The maximum Gasteiger partial charge on any atom is 0.211 e. The van der Waals surface area contributed by atoms with Crippen LogP contribution in [0.25, 0.3) is 16.8 Å². The third-order valence-corrected chi connectivity index (χ3v) is 6.22. The summed E-state index contributed by atoms with van der Waals surface area (Å²) in [7, 11) is -3.89. The van der Waals surface area contributed by atoms with Gasteiger partial charge in [-0.3, -0.25) is 4.40 Å². The Balaban J connectivity index is 2.04. The van der Waals surface area contributed by atoms with Gasteiger partial charge in [0.2, 0.25) is 9.84 Å². The number of nitrogens with two attached hydrogens (primary N) is 1. The van der Waals surface area contributed by atoms with Gasteiger partial charge in [-0.05, 0) is 23.6 Å². The zero-order chi connectivity index (χ0) is 18.5. The van der Waals surface area contributed by atoms with Crippen molar-refractivity contribution in [1.29, 1.82) is 0 Å². The molecule has 26 heavy (non-hydrogen) atoms. The Kier molecular flexibility index (Phi) is 3.66. The van der Waals surface area contributed by atoms with Crippen molar-refractivity contribution < 1.29 is 8.42 Å². The second-order valence-corrected chi connectivity index (χ2v) is 8.21. The van der Waals surface area contributed by atoms with Crippen molar-refractivity contribution in [1.82, 2.24) is 19.4 Å². The van der Waals surface area contributed by atoms with Gasteiger partial charge in [-0.1, -0.05) is 26.0 Å². The monoisotopic (exact) mass is 367 g/mol. The average molecular weight is 367 g/mol. The molecule has 0 amide bonds. The van der Waals surface area contributed by atoms with Gasteiger partial charge in [-0.25, -0.2) is 23.4 Å². The van der Waals surface area contributed by atoms with E-state index >= 15 is 0 Å². The van der Waals surface area contributed by atoms with Crippen LogP contribution in [0.5, 0.6) is 0 Å². The van der Waals surface area contributed by atoms with Crippen molar-refractivity contribution >= 4 is 32.3 Å². The molecule has 1 aromatic carbocycles. The summed E-state index contributed by atoms with van der Waals surface area (Å²) in [5, 5.41) is 0. The van der Waals surface area contributed by atoms with Crippen molar-refractivity contribution in [2.75, 3.05) is 5.73 Å². The van der Waals surface area contributed by atoms with Crippen LogP contribution < -0.4 is 5.73 Å². The minimum absolute atomic E-state index is 0.0587. The lowest BCUT2D eigenvalue weighted by atomic mass is 10.0. The molecule has 3 heterocycles. The van der Waals surface area contributed by atoms with Gasteiger partial charge in [0.15, 0.2) is 11.3 Å². The van der Waals surface area contributed by atoms with Crippen LogP contribution in [0, 0.1) is 0 Å². The molecule has 3 aromatic heterocycles. The second kappa shape index (κ2) is 5.77. The van der Waals surface area contributed by atoms with Crippen LogP contribution in [0.4, 0.5) is 5.69 Å². The molecule has 8 heteroatoms. The Hall–Kier alpha value is -3.00. The number of imidazole rings is 1. The largest absolute Gasteiger partial charge is 0.395 e. The molecule has 132 valence electrons. The highest BCUT2D eigenvalue weighted by molar-refractivity contribution is 7.92. The van der Waals surface area contributed by atoms with Gasteiger partial charge in [0.1, 0.15) is 10.4 Å². The number of sulfone groups is 1. The molecule has 0 aliphatic rings. The van der Waals surface area contributed by atoms with E-state index in [1.807, 2.05) is 12.1 Å². The molecule has 0 aliphatic heterocycles. The molecule has 7 nitrogen and oxygen atoms in total. The number of nitrogens with zero attached hydrogens (tertiary/aromatic N) is 4. The van der Waals surface area contributed by atoms with Gasteiger partial charge in [0.25, 0.3) is 0 Å². The van der Waals surface area contributed by atoms with E-state index in [2.05, 4.69) is 28.8 Å². The number of rotatable bonds is 3. The lowest BCUT2D eigenvalue weighted by molar-refractivity contribution is 0.597. The summed E-state index contributed by atoms with van der Waals surface area (Å²) in [5.41, 5.74) is 8.29. The molecule has 0 atom stereocenters. The molecule has 0 aliphatic carbocycles. The first-order valence-corrected chi connectivity index (χ1v) is 9.60. The van der Waals surface area contributed by atoms with Crippen LogP contribution in [0.2, 0.25) is 0 Å². The standard InChI is InChI=1S/C18H17N5O2S/c1-11(2)12-3-5-13(6-4-12)26(24,25)16-14(19)17-22-9-10-23(17)18-15(16)20-7-8-21-18/h3-11H,19H2,1-2H3. The lowest BCUT2D eigenvalue weighted by Crippen LogP contribution is -2.10. The van der Waals surface area contributed by atoms with E-state index in [4.69, 9.17) is 5.73 Å². The van der Waals surface area contributed by atoms with Gasteiger partial charge in [0.05, 0.1) is 10.6 Å². The van der Waals surface area contributed by atoms with E-state index in [-0.39, 0.29) is 21.0 Å². The fourth-order valence-corrected chi connectivity index (χ4v) is 4.50. The van der Waals surface area contributed by atoms with E-state index in [0.717, 1.165) is 5.56 Å².